The van der Waals surface area contributed by atoms with Gasteiger partial charge in [0, 0.05) is 17.1 Å². The van der Waals surface area contributed by atoms with Crippen LogP contribution in [0.4, 0.5) is 0 Å². The quantitative estimate of drug-likeness (QED) is 0.370. The van der Waals surface area contributed by atoms with Crippen molar-refractivity contribution in [1.82, 2.24) is 0 Å². The van der Waals surface area contributed by atoms with Gasteiger partial charge >= 0.3 is 33.9 Å². The molecule has 77 valence electrons. The molecule has 0 aromatic heterocycles. The zero-order valence-electron chi connectivity index (χ0n) is 7.41. The first-order valence-corrected chi connectivity index (χ1v) is 1.95. The van der Waals surface area contributed by atoms with Crippen LogP contribution in [0.15, 0.2) is 0 Å². The molecule has 0 saturated carbocycles. The van der Waals surface area contributed by atoms with Crippen LogP contribution in [0, 0.1) is 33.1 Å². The summed E-state index contributed by atoms with van der Waals surface area (Å²) in [6.45, 7) is 25.2. The van der Waals surface area contributed by atoms with Gasteiger partial charge in [0.2, 0.25) is 14.1 Å². The minimum atomic E-state index is 0. The van der Waals surface area contributed by atoms with Crippen molar-refractivity contribution in [3.8, 4) is 0 Å². The Balaban J connectivity index is -0.00000000859. The second-order valence-electron chi connectivity index (χ2n) is 0.447. The van der Waals surface area contributed by atoms with Crippen molar-refractivity contribution in [3.63, 3.8) is 0 Å². The third-order valence-electron chi connectivity index (χ3n) is 0. The summed E-state index contributed by atoms with van der Waals surface area (Å²) < 4.78 is 22.5. The minimum Gasteiger partial charge on any atom is 0 e. The Morgan fingerprint density at radius 2 is 0.714 bits per heavy atom. The average molecular weight is 302 g/mol. The van der Waals surface area contributed by atoms with Crippen LogP contribution in [0.1, 0.15) is 0 Å². The molecule has 0 saturated heterocycles. The summed E-state index contributed by atoms with van der Waals surface area (Å²) in [6.07, 6.45) is 0. The molecule has 0 aliphatic carbocycles. The largest absolute Gasteiger partial charge is 0 e. The molecule has 0 aromatic carbocycles. The molecule has 0 spiro atoms. The van der Waals surface area contributed by atoms with Gasteiger partial charge in [-0.3, -0.25) is 0 Å². The summed E-state index contributed by atoms with van der Waals surface area (Å²) in [4.78, 5) is 5.50. The average Bonchev–Trinajstić information content (AvgIpc) is 2.16. The van der Waals surface area contributed by atoms with Gasteiger partial charge in [0.1, 0.15) is 0 Å². The van der Waals surface area contributed by atoms with Gasteiger partial charge in [-0.05, 0) is 0 Å². The molecule has 0 unspecified atom stereocenters. The first kappa shape index (κ1) is 51.1. The van der Waals surface area contributed by atoms with Crippen LogP contribution in [0.5, 0.6) is 0 Å². The van der Waals surface area contributed by atoms with Gasteiger partial charge in [-0.25, -0.2) is 13.1 Å². The van der Waals surface area contributed by atoms with E-state index in [0.29, 0.717) is 0 Å². The first-order chi connectivity index (χ1) is 5.83. The van der Waals surface area contributed by atoms with E-state index in [1.807, 2.05) is 0 Å². The molecule has 14 heavy (non-hydrogen) atoms. The van der Waals surface area contributed by atoms with Crippen LogP contribution >= 0.6 is 17.0 Å². The van der Waals surface area contributed by atoms with E-state index in [0.717, 1.165) is 0 Å². The van der Waals surface area contributed by atoms with Gasteiger partial charge in [0.15, 0.2) is 0 Å². The molecule has 0 aromatic rings. The normalized spacial score (nSPS) is 1.57. The molecule has 5 nitrogen and oxygen atoms in total. The number of hydrogen-bond donors (Lipinski definition) is 0. The first-order valence-electron chi connectivity index (χ1n) is 1.95. The maximum atomic E-state index is 7.50. The fourth-order valence-corrected chi connectivity index (χ4v) is 0. The molecule has 0 amide bonds. The third-order valence-corrected chi connectivity index (χ3v) is 0. The monoisotopic (exact) mass is 301 g/mol. The summed E-state index contributed by atoms with van der Waals surface area (Å²) in [5.74, 6) is 0. The summed E-state index contributed by atoms with van der Waals surface area (Å²) in [5, 5.41) is 0. The summed E-state index contributed by atoms with van der Waals surface area (Å²) in [5.41, 5.74) is 0. The van der Waals surface area contributed by atoms with E-state index in [1.54, 1.807) is 0 Å². The van der Waals surface area contributed by atoms with Crippen LogP contribution < -0.4 is 0 Å². The molecule has 0 atom stereocenters. The predicted molar refractivity (Wildman–Crippen MR) is 47.2 cm³/mol. The van der Waals surface area contributed by atoms with Crippen molar-refractivity contribution in [2.75, 3.05) is 14.1 Å². The van der Waals surface area contributed by atoms with Gasteiger partial charge in [0.05, 0.1) is 0 Å². The van der Waals surface area contributed by atoms with Crippen molar-refractivity contribution in [2.45, 2.75) is 0 Å². The topological polar surface area (TPSA) is 68.4 Å². The van der Waals surface area contributed by atoms with E-state index in [4.69, 9.17) is 27.1 Å². The molecule has 0 N–H and O–H groups in total. The Hall–Kier alpha value is -0.801. The molecular formula is C7H7BrMnN2O3. The zero-order valence-corrected chi connectivity index (χ0v) is 10.3. The molecule has 0 aliphatic rings. The van der Waals surface area contributed by atoms with Crippen LogP contribution in [0.3, 0.4) is 0 Å². The predicted octanol–water partition coefficient (Wildman–Crippen LogP) is 1.53. The minimum absolute atomic E-state index is 0. The fraction of sp³-hybridized carbons (Fsp3) is 0.286. The smallest absolute Gasteiger partial charge is 0 e. The third kappa shape index (κ3) is 1820. The van der Waals surface area contributed by atoms with Gasteiger partial charge < -0.3 is 9.69 Å². The molecule has 0 bridgehead atoms. The maximum Gasteiger partial charge on any atom is 0 e. The number of nitrogens with zero attached hydrogens (tertiary/aromatic N) is 2. The van der Waals surface area contributed by atoms with E-state index >= 15 is 0 Å². The molecule has 1 radical (unpaired) electrons. The summed E-state index contributed by atoms with van der Waals surface area (Å²) >= 11 is 0. The van der Waals surface area contributed by atoms with Crippen LogP contribution in [0.2, 0.25) is 0 Å². The van der Waals surface area contributed by atoms with Crippen molar-refractivity contribution in [3.05, 3.63) is 42.8 Å². The van der Waals surface area contributed by atoms with Crippen LogP contribution in [-0.2, 0) is 31.0 Å². The summed E-state index contributed by atoms with van der Waals surface area (Å²) in [6, 6.07) is 0. The van der Waals surface area contributed by atoms with Crippen LogP contribution in [-0.4, -0.2) is 14.1 Å². The molecule has 0 heterocycles. The zero-order chi connectivity index (χ0) is 11.4. The van der Waals surface area contributed by atoms with E-state index < -0.39 is 0 Å². The molecule has 0 aliphatic heterocycles. The second kappa shape index (κ2) is 1060. The van der Waals surface area contributed by atoms with Crippen molar-refractivity contribution in [1.29, 1.82) is 0 Å². The Labute approximate surface area is 105 Å². The number of rotatable bonds is 0. The van der Waals surface area contributed by atoms with E-state index in [2.05, 4.69) is 29.6 Å². The van der Waals surface area contributed by atoms with Crippen molar-refractivity contribution in [2.24, 2.45) is 0 Å². The Morgan fingerprint density at radius 1 is 0.714 bits per heavy atom. The molecule has 7 heteroatoms. The molecular weight excluding hydrogens is 295 g/mol. The SMILES string of the molecule is Br.[C-]#[N+]C.[C-]#[N+]C.[C-]#[O+].[C-]#[O+].[C-]#[O+].[Mn]. The number of hydrogen-bond acceptors (Lipinski definition) is 0. The van der Waals surface area contributed by atoms with Crippen LogP contribution in [0.25, 0.3) is 9.69 Å². The van der Waals surface area contributed by atoms with Crippen molar-refractivity contribution >= 4 is 17.0 Å². The van der Waals surface area contributed by atoms with Gasteiger partial charge in [0.25, 0.3) is 0 Å². The van der Waals surface area contributed by atoms with Gasteiger partial charge in [-0.2, -0.15) is 0 Å². The molecule has 0 rings (SSSR count). The maximum absolute atomic E-state index is 7.50. The Bertz CT molecular complexity index is 152. The van der Waals surface area contributed by atoms with Gasteiger partial charge in [-0.15, -0.1) is 17.0 Å². The van der Waals surface area contributed by atoms with E-state index in [-0.39, 0.29) is 34.1 Å². The summed E-state index contributed by atoms with van der Waals surface area (Å²) in [7, 11) is 2.83. The number of halogens is 1. The standard InChI is InChI=1S/2C2H3N.3CO.BrH.Mn/c2*1-3-2;3*1-2;;/h2*1H3;;;;1H;. The molecule has 0 fully saturated rings. The fourth-order valence-electron chi connectivity index (χ4n) is 0. The Morgan fingerprint density at radius 3 is 0.714 bits per heavy atom. The van der Waals surface area contributed by atoms with Gasteiger partial charge in [-0.1, -0.05) is 0 Å². The Kier molecular flexibility index (Phi) is 3880. The van der Waals surface area contributed by atoms with E-state index in [1.165, 1.54) is 14.1 Å². The second-order valence-corrected chi connectivity index (χ2v) is 0.447. The van der Waals surface area contributed by atoms with E-state index in [9.17, 15) is 0 Å². The van der Waals surface area contributed by atoms with Crippen molar-refractivity contribution < 1.29 is 31.0 Å².